The summed E-state index contributed by atoms with van der Waals surface area (Å²) in [6, 6.07) is 5.87. The van der Waals surface area contributed by atoms with E-state index in [1.807, 2.05) is 32.9 Å². The van der Waals surface area contributed by atoms with Crippen molar-refractivity contribution in [1.29, 1.82) is 0 Å². The Morgan fingerprint density at radius 3 is 2.69 bits per heavy atom. The second-order valence-corrected chi connectivity index (χ2v) is 3.95. The molecule has 0 saturated heterocycles. The van der Waals surface area contributed by atoms with Gasteiger partial charge in [-0.25, -0.2) is 4.79 Å². The van der Waals surface area contributed by atoms with Crippen LogP contribution >= 0.6 is 0 Å². The molecular formula is C13H19NO2. The SMILES string of the molecule is CC[C@H](Nc1cc(C)ccc1C)C(=O)OC. The Kier molecular flexibility index (Phi) is 4.35. The molecule has 1 aromatic rings. The van der Waals surface area contributed by atoms with Gasteiger partial charge in [-0.2, -0.15) is 0 Å². The van der Waals surface area contributed by atoms with Gasteiger partial charge in [-0.3, -0.25) is 0 Å². The highest BCUT2D eigenvalue weighted by atomic mass is 16.5. The summed E-state index contributed by atoms with van der Waals surface area (Å²) in [5, 5.41) is 3.21. The predicted molar refractivity (Wildman–Crippen MR) is 65.6 cm³/mol. The fraction of sp³-hybridized carbons (Fsp3) is 0.462. The molecule has 0 fully saturated rings. The van der Waals surface area contributed by atoms with Gasteiger partial charge < -0.3 is 10.1 Å². The van der Waals surface area contributed by atoms with Crippen molar-refractivity contribution in [3.05, 3.63) is 29.3 Å². The van der Waals surface area contributed by atoms with Crippen LogP contribution in [0.2, 0.25) is 0 Å². The molecule has 0 radical (unpaired) electrons. The van der Waals surface area contributed by atoms with Crippen molar-refractivity contribution in [3.63, 3.8) is 0 Å². The Morgan fingerprint density at radius 2 is 2.12 bits per heavy atom. The largest absolute Gasteiger partial charge is 0.467 e. The van der Waals surface area contributed by atoms with E-state index in [-0.39, 0.29) is 12.0 Å². The van der Waals surface area contributed by atoms with E-state index >= 15 is 0 Å². The average molecular weight is 221 g/mol. The number of anilines is 1. The van der Waals surface area contributed by atoms with Gasteiger partial charge in [-0.15, -0.1) is 0 Å². The number of carbonyl (C=O) groups is 1. The smallest absolute Gasteiger partial charge is 0.328 e. The molecule has 1 N–H and O–H groups in total. The lowest BCUT2D eigenvalue weighted by Crippen LogP contribution is -2.30. The second-order valence-electron chi connectivity index (χ2n) is 3.95. The average Bonchev–Trinajstić information content (AvgIpc) is 2.29. The molecule has 0 bridgehead atoms. The zero-order chi connectivity index (χ0) is 12.1. The number of methoxy groups -OCH3 is 1. The van der Waals surface area contributed by atoms with Gasteiger partial charge in [-0.1, -0.05) is 19.1 Å². The van der Waals surface area contributed by atoms with Crippen LogP contribution < -0.4 is 5.32 Å². The summed E-state index contributed by atoms with van der Waals surface area (Å²) < 4.78 is 4.74. The molecule has 88 valence electrons. The van der Waals surface area contributed by atoms with Crippen molar-refractivity contribution in [3.8, 4) is 0 Å². The van der Waals surface area contributed by atoms with Crippen LogP contribution in [-0.2, 0) is 9.53 Å². The van der Waals surface area contributed by atoms with Crippen LogP contribution in [0.15, 0.2) is 18.2 Å². The lowest BCUT2D eigenvalue weighted by Gasteiger charge is -2.17. The third kappa shape index (κ3) is 2.99. The number of nitrogens with one attached hydrogen (secondary N) is 1. The first-order chi connectivity index (χ1) is 7.58. The lowest BCUT2D eigenvalue weighted by molar-refractivity contribution is -0.141. The highest BCUT2D eigenvalue weighted by Gasteiger charge is 2.16. The molecule has 1 atom stereocenters. The Bertz CT molecular complexity index is 374. The zero-order valence-electron chi connectivity index (χ0n) is 10.3. The molecule has 0 heterocycles. The molecular weight excluding hydrogens is 202 g/mol. The third-order valence-electron chi connectivity index (χ3n) is 2.62. The molecule has 0 saturated carbocycles. The van der Waals surface area contributed by atoms with Gasteiger partial charge in [0.1, 0.15) is 6.04 Å². The summed E-state index contributed by atoms with van der Waals surface area (Å²) in [5.74, 6) is -0.219. The molecule has 3 heteroatoms. The normalized spacial score (nSPS) is 12.0. The van der Waals surface area contributed by atoms with E-state index in [0.29, 0.717) is 6.42 Å². The highest BCUT2D eigenvalue weighted by Crippen LogP contribution is 2.18. The number of rotatable bonds is 4. The Balaban J connectivity index is 2.85. The highest BCUT2D eigenvalue weighted by molar-refractivity contribution is 5.79. The summed E-state index contributed by atoms with van der Waals surface area (Å²) in [4.78, 5) is 11.5. The maximum absolute atomic E-state index is 11.5. The maximum Gasteiger partial charge on any atom is 0.328 e. The number of ether oxygens (including phenoxy) is 1. The van der Waals surface area contributed by atoms with Crippen LogP contribution in [0.4, 0.5) is 5.69 Å². The number of aryl methyl sites for hydroxylation is 2. The number of benzene rings is 1. The Labute approximate surface area is 96.8 Å². The van der Waals surface area contributed by atoms with Gasteiger partial charge in [0, 0.05) is 5.69 Å². The van der Waals surface area contributed by atoms with Gasteiger partial charge in [0.15, 0.2) is 0 Å². The molecule has 0 aliphatic carbocycles. The van der Waals surface area contributed by atoms with Crippen molar-refractivity contribution in [2.75, 3.05) is 12.4 Å². The van der Waals surface area contributed by atoms with Crippen molar-refractivity contribution >= 4 is 11.7 Å². The topological polar surface area (TPSA) is 38.3 Å². The molecule has 16 heavy (non-hydrogen) atoms. The van der Waals surface area contributed by atoms with Crippen LogP contribution in [0, 0.1) is 13.8 Å². The summed E-state index contributed by atoms with van der Waals surface area (Å²) in [7, 11) is 1.41. The molecule has 0 unspecified atom stereocenters. The maximum atomic E-state index is 11.5. The van der Waals surface area contributed by atoms with E-state index in [1.54, 1.807) is 0 Å². The third-order valence-corrected chi connectivity index (χ3v) is 2.62. The van der Waals surface area contributed by atoms with Crippen LogP contribution in [0.1, 0.15) is 24.5 Å². The second kappa shape index (κ2) is 5.54. The van der Waals surface area contributed by atoms with Crippen LogP contribution in [0.5, 0.6) is 0 Å². The van der Waals surface area contributed by atoms with Gasteiger partial charge in [-0.05, 0) is 37.5 Å². The Hall–Kier alpha value is -1.51. The number of hydrogen-bond donors (Lipinski definition) is 1. The molecule has 0 aromatic heterocycles. The fourth-order valence-corrected chi connectivity index (χ4v) is 1.55. The van der Waals surface area contributed by atoms with Crippen molar-refractivity contribution in [2.24, 2.45) is 0 Å². The predicted octanol–water partition coefficient (Wildman–Crippen LogP) is 2.67. The molecule has 0 spiro atoms. The summed E-state index contributed by atoms with van der Waals surface area (Å²) in [6.07, 6.45) is 0.708. The summed E-state index contributed by atoms with van der Waals surface area (Å²) in [6.45, 7) is 6.01. The fourth-order valence-electron chi connectivity index (χ4n) is 1.55. The Morgan fingerprint density at radius 1 is 1.44 bits per heavy atom. The van der Waals surface area contributed by atoms with E-state index in [1.165, 1.54) is 12.7 Å². The standard InChI is InChI=1S/C13H19NO2/c1-5-11(13(15)16-4)14-12-8-9(2)6-7-10(12)3/h6-8,11,14H,5H2,1-4H3/t11-/m0/s1. The molecule has 0 aliphatic heterocycles. The van der Waals surface area contributed by atoms with Gasteiger partial charge >= 0.3 is 5.97 Å². The van der Waals surface area contributed by atoms with E-state index in [4.69, 9.17) is 4.74 Å². The van der Waals surface area contributed by atoms with Crippen LogP contribution in [0.3, 0.4) is 0 Å². The number of esters is 1. The van der Waals surface area contributed by atoms with Crippen molar-refractivity contribution < 1.29 is 9.53 Å². The first-order valence-corrected chi connectivity index (χ1v) is 5.50. The minimum Gasteiger partial charge on any atom is -0.467 e. The first kappa shape index (κ1) is 12.6. The van der Waals surface area contributed by atoms with Crippen LogP contribution in [-0.4, -0.2) is 19.1 Å². The summed E-state index contributed by atoms with van der Waals surface area (Å²) in [5.41, 5.74) is 3.30. The van der Waals surface area contributed by atoms with Gasteiger partial charge in [0.05, 0.1) is 7.11 Å². The monoisotopic (exact) mass is 221 g/mol. The number of hydrogen-bond acceptors (Lipinski definition) is 3. The molecule has 1 aromatic carbocycles. The molecule has 0 aliphatic rings. The molecule has 1 rings (SSSR count). The van der Waals surface area contributed by atoms with Crippen molar-refractivity contribution in [2.45, 2.75) is 33.2 Å². The van der Waals surface area contributed by atoms with Crippen LogP contribution in [0.25, 0.3) is 0 Å². The van der Waals surface area contributed by atoms with E-state index in [2.05, 4.69) is 11.4 Å². The minimum atomic E-state index is -0.273. The quantitative estimate of drug-likeness (QED) is 0.794. The summed E-state index contributed by atoms with van der Waals surface area (Å²) >= 11 is 0. The van der Waals surface area contributed by atoms with Gasteiger partial charge in [0.2, 0.25) is 0 Å². The lowest BCUT2D eigenvalue weighted by atomic mass is 10.1. The zero-order valence-corrected chi connectivity index (χ0v) is 10.3. The van der Waals surface area contributed by atoms with E-state index < -0.39 is 0 Å². The van der Waals surface area contributed by atoms with E-state index in [9.17, 15) is 4.79 Å². The van der Waals surface area contributed by atoms with Gasteiger partial charge in [0.25, 0.3) is 0 Å². The molecule has 3 nitrogen and oxygen atoms in total. The molecule has 0 amide bonds. The first-order valence-electron chi connectivity index (χ1n) is 5.50. The van der Waals surface area contributed by atoms with E-state index in [0.717, 1.165) is 11.3 Å². The number of carbonyl (C=O) groups excluding carboxylic acids is 1. The van der Waals surface area contributed by atoms with Crippen molar-refractivity contribution in [1.82, 2.24) is 0 Å². The minimum absolute atomic E-state index is 0.219.